The molecule has 6 heteroatoms. The highest BCUT2D eigenvalue weighted by Gasteiger charge is 2.34. The van der Waals surface area contributed by atoms with E-state index in [1.54, 1.807) is 37.3 Å². The van der Waals surface area contributed by atoms with Crippen molar-refractivity contribution in [2.45, 2.75) is 70.3 Å². The van der Waals surface area contributed by atoms with Crippen LogP contribution in [0.15, 0.2) is 83.8 Å². The van der Waals surface area contributed by atoms with Gasteiger partial charge in [-0.1, -0.05) is 76.6 Å². The lowest BCUT2D eigenvalue weighted by Gasteiger charge is -2.26. The number of anilines is 1. The van der Waals surface area contributed by atoms with Gasteiger partial charge in [-0.15, -0.1) is 0 Å². The van der Waals surface area contributed by atoms with Crippen molar-refractivity contribution in [3.63, 3.8) is 0 Å². The van der Waals surface area contributed by atoms with Gasteiger partial charge in [-0.3, -0.25) is 4.79 Å². The number of carbonyl (C=O) groups excluding carboxylic acids is 1. The zero-order valence-corrected chi connectivity index (χ0v) is 22.0. The van der Waals surface area contributed by atoms with E-state index in [1.807, 2.05) is 36.4 Å². The Labute approximate surface area is 209 Å². The van der Waals surface area contributed by atoms with Gasteiger partial charge in [-0.2, -0.15) is 4.31 Å². The first-order valence-corrected chi connectivity index (χ1v) is 13.5. The summed E-state index contributed by atoms with van der Waals surface area (Å²) in [5, 5.41) is 0. The Morgan fingerprint density at radius 3 is 2.06 bits per heavy atom. The van der Waals surface area contributed by atoms with Gasteiger partial charge < -0.3 is 4.74 Å². The van der Waals surface area contributed by atoms with Gasteiger partial charge in [0.25, 0.3) is 15.9 Å². The first-order valence-electron chi connectivity index (χ1n) is 12.0. The number of carbonyl (C=O) groups is 1. The second kappa shape index (κ2) is 11.1. The molecule has 0 N–H and O–H groups in total. The largest absolute Gasteiger partial charge is 0.481 e. The van der Waals surface area contributed by atoms with E-state index in [9.17, 15) is 13.2 Å². The van der Waals surface area contributed by atoms with Crippen LogP contribution >= 0.6 is 0 Å². The highest BCUT2D eigenvalue weighted by Crippen LogP contribution is 2.28. The van der Waals surface area contributed by atoms with Crippen LogP contribution in [-0.4, -0.2) is 20.4 Å². The highest BCUT2D eigenvalue weighted by atomic mass is 32.2. The number of rotatable bonds is 9. The molecule has 0 aromatic heterocycles. The molecular weight excluding hydrogens is 458 g/mol. The second-order valence-electron chi connectivity index (χ2n) is 9.73. The van der Waals surface area contributed by atoms with Crippen LogP contribution in [0.1, 0.15) is 58.6 Å². The van der Waals surface area contributed by atoms with Crippen molar-refractivity contribution in [1.82, 2.24) is 0 Å². The molecule has 3 aromatic rings. The molecule has 5 nitrogen and oxygen atoms in total. The molecule has 0 radical (unpaired) electrons. The molecule has 1 unspecified atom stereocenters. The van der Waals surface area contributed by atoms with Crippen LogP contribution < -0.4 is 9.04 Å². The van der Waals surface area contributed by atoms with E-state index in [1.165, 1.54) is 12.1 Å². The molecule has 1 atom stereocenters. The molecule has 186 valence electrons. The van der Waals surface area contributed by atoms with Gasteiger partial charge >= 0.3 is 0 Å². The maximum Gasteiger partial charge on any atom is 0.281 e. The summed E-state index contributed by atoms with van der Waals surface area (Å²) in [5.41, 5.74) is 2.52. The summed E-state index contributed by atoms with van der Waals surface area (Å²) in [6, 6.07) is 22.7. The Bertz CT molecular complexity index is 1210. The van der Waals surface area contributed by atoms with Crippen LogP contribution in [0.2, 0.25) is 0 Å². The van der Waals surface area contributed by atoms with Gasteiger partial charge in [0.05, 0.1) is 10.6 Å². The number of unbranched alkanes of at least 4 members (excludes halogenated alkanes) is 1. The number of hydrogen-bond acceptors (Lipinski definition) is 4. The smallest absolute Gasteiger partial charge is 0.281 e. The van der Waals surface area contributed by atoms with Gasteiger partial charge in [0, 0.05) is 0 Å². The molecule has 0 fully saturated rings. The van der Waals surface area contributed by atoms with Gasteiger partial charge in [0.15, 0.2) is 6.10 Å². The number of benzene rings is 3. The van der Waals surface area contributed by atoms with Crippen LogP contribution in [0.25, 0.3) is 0 Å². The fraction of sp³-hybridized carbons (Fsp3) is 0.345. The minimum atomic E-state index is -4.14. The molecule has 3 rings (SSSR count). The molecule has 0 aliphatic carbocycles. The van der Waals surface area contributed by atoms with E-state index in [2.05, 4.69) is 27.7 Å². The van der Waals surface area contributed by atoms with E-state index in [4.69, 9.17) is 4.74 Å². The van der Waals surface area contributed by atoms with Crippen molar-refractivity contribution in [2.24, 2.45) is 0 Å². The monoisotopic (exact) mass is 493 g/mol. The molecule has 1 amide bonds. The number of ether oxygens (including phenoxy) is 1. The van der Waals surface area contributed by atoms with Crippen molar-refractivity contribution in [1.29, 1.82) is 0 Å². The lowest BCUT2D eigenvalue weighted by atomic mass is 9.87. The van der Waals surface area contributed by atoms with Crippen LogP contribution in [0, 0.1) is 0 Å². The zero-order valence-electron chi connectivity index (χ0n) is 21.2. The third-order valence-corrected chi connectivity index (χ3v) is 7.59. The highest BCUT2D eigenvalue weighted by molar-refractivity contribution is 7.93. The second-order valence-corrected chi connectivity index (χ2v) is 11.5. The first kappa shape index (κ1) is 26.5. The van der Waals surface area contributed by atoms with E-state index in [0.29, 0.717) is 5.75 Å². The van der Waals surface area contributed by atoms with Crippen LogP contribution in [0.5, 0.6) is 5.75 Å². The standard InChI is InChI=1S/C29H35NO4S/c1-6-7-11-23-14-18-25(19-15-23)30(35(32,33)27-12-9-8-10-13-27)28(31)22(2)34-26-20-16-24(17-21-26)29(3,4)5/h8-10,12-22H,6-7,11H2,1-5H3. The summed E-state index contributed by atoms with van der Waals surface area (Å²) in [4.78, 5) is 13.6. The van der Waals surface area contributed by atoms with E-state index in [-0.39, 0.29) is 16.0 Å². The summed E-state index contributed by atoms with van der Waals surface area (Å²) in [7, 11) is -4.14. The number of sulfonamides is 1. The Kier molecular flexibility index (Phi) is 8.39. The van der Waals surface area contributed by atoms with Crippen molar-refractivity contribution in [3.8, 4) is 5.75 Å². The lowest BCUT2D eigenvalue weighted by Crippen LogP contribution is -2.44. The SMILES string of the molecule is CCCCc1ccc(N(C(=O)C(C)Oc2ccc(C(C)(C)C)cc2)S(=O)(=O)c2ccccc2)cc1. The Balaban J connectivity index is 1.93. The number of hydrogen-bond donors (Lipinski definition) is 0. The molecular formula is C29H35NO4S. The number of nitrogens with zero attached hydrogens (tertiary/aromatic N) is 1. The van der Waals surface area contributed by atoms with Crippen LogP contribution in [-0.2, 0) is 26.7 Å². The van der Waals surface area contributed by atoms with Gasteiger partial charge in [0.1, 0.15) is 5.75 Å². The number of amides is 1. The molecule has 35 heavy (non-hydrogen) atoms. The predicted molar refractivity (Wildman–Crippen MR) is 141 cm³/mol. The molecule has 0 aliphatic rings. The predicted octanol–water partition coefficient (Wildman–Crippen LogP) is 6.52. The van der Waals surface area contributed by atoms with Gasteiger partial charge in [-0.05, 0) is 72.7 Å². The maximum absolute atomic E-state index is 13.6. The van der Waals surface area contributed by atoms with E-state index >= 15 is 0 Å². The fourth-order valence-corrected chi connectivity index (χ4v) is 5.21. The molecule has 0 saturated carbocycles. The first-order chi connectivity index (χ1) is 16.5. The Morgan fingerprint density at radius 2 is 1.51 bits per heavy atom. The average molecular weight is 494 g/mol. The number of aryl methyl sites for hydroxylation is 1. The summed E-state index contributed by atoms with van der Waals surface area (Å²) in [5.74, 6) is -0.152. The molecule has 3 aromatic carbocycles. The van der Waals surface area contributed by atoms with Crippen molar-refractivity contribution >= 4 is 21.6 Å². The van der Waals surface area contributed by atoms with Gasteiger partial charge in [0.2, 0.25) is 0 Å². The minimum Gasteiger partial charge on any atom is -0.481 e. The summed E-state index contributed by atoms with van der Waals surface area (Å²) < 4.78 is 33.9. The van der Waals surface area contributed by atoms with Crippen molar-refractivity contribution < 1.29 is 17.9 Å². The molecule has 0 spiro atoms. The van der Waals surface area contributed by atoms with E-state index in [0.717, 1.165) is 34.7 Å². The van der Waals surface area contributed by atoms with E-state index < -0.39 is 22.0 Å². The fourth-order valence-electron chi connectivity index (χ4n) is 3.71. The third kappa shape index (κ3) is 6.51. The summed E-state index contributed by atoms with van der Waals surface area (Å²) in [6.07, 6.45) is 2.00. The Morgan fingerprint density at radius 1 is 0.914 bits per heavy atom. The zero-order chi connectivity index (χ0) is 25.6. The Hall–Kier alpha value is -3.12. The summed E-state index contributed by atoms with van der Waals surface area (Å²) >= 11 is 0. The molecule has 0 bridgehead atoms. The maximum atomic E-state index is 13.6. The third-order valence-electron chi connectivity index (χ3n) is 5.85. The molecule has 0 aliphatic heterocycles. The van der Waals surface area contributed by atoms with Crippen molar-refractivity contribution in [3.05, 3.63) is 90.0 Å². The molecule has 0 saturated heterocycles. The molecule has 0 heterocycles. The van der Waals surface area contributed by atoms with Crippen LogP contribution in [0.4, 0.5) is 5.69 Å². The normalized spacial score (nSPS) is 12.7. The topological polar surface area (TPSA) is 63.7 Å². The summed E-state index contributed by atoms with van der Waals surface area (Å²) in [6.45, 7) is 10.1. The average Bonchev–Trinajstić information content (AvgIpc) is 2.83. The van der Waals surface area contributed by atoms with Crippen molar-refractivity contribution in [2.75, 3.05) is 4.31 Å². The lowest BCUT2D eigenvalue weighted by molar-refractivity contribution is -0.123. The minimum absolute atomic E-state index is 0.0101. The van der Waals surface area contributed by atoms with Crippen LogP contribution in [0.3, 0.4) is 0 Å². The quantitative estimate of drug-likeness (QED) is 0.341. The van der Waals surface area contributed by atoms with Gasteiger partial charge in [-0.25, -0.2) is 8.42 Å².